The van der Waals surface area contributed by atoms with Crippen LogP contribution < -0.4 is 5.32 Å². The van der Waals surface area contributed by atoms with Gasteiger partial charge in [0.05, 0.1) is 11.6 Å². The molecular formula is C17H23NO2. The number of allylic oxidation sites excluding steroid dienone is 5. The number of hydrogen-bond acceptors (Lipinski definition) is 3. The Morgan fingerprint density at radius 1 is 1.30 bits per heavy atom. The zero-order valence-corrected chi connectivity index (χ0v) is 12.7. The van der Waals surface area contributed by atoms with Crippen molar-refractivity contribution >= 4 is 11.6 Å². The Balaban J connectivity index is 5.07. The Hall–Kier alpha value is -2.08. The molecule has 0 heterocycles. The molecule has 1 atom stereocenters. The molecule has 0 aliphatic carbocycles. The smallest absolute Gasteiger partial charge is 0.175 e. The maximum Gasteiger partial charge on any atom is 0.175 e. The minimum absolute atomic E-state index is 0.119. The second-order valence-electron chi connectivity index (χ2n) is 4.56. The van der Waals surface area contributed by atoms with Gasteiger partial charge in [-0.3, -0.25) is 9.59 Å². The molecule has 0 fully saturated rings. The van der Waals surface area contributed by atoms with Crippen molar-refractivity contribution in [3.8, 4) is 12.3 Å². The molecule has 0 aliphatic heterocycles. The molecule has 0 bridgehead atoms. The van der Waals surface area contributed by atoms with Gasteiger partial charge in [-0.05, 0) is 25.5 Å². The van der Waals surface area contributed by atoms with Crippen LogP contribution in [0.4, 0.5) is 0 Å². The fraction of sp³-hybridized carbons (Fsp3) is 0.412. The lowest BCUT2D eigenvalue weighted by Gasteiger charge is -2.12. The average Bonchev–Trinajstić information content (AvgIpc) is 2.42. The number of nitrogens with one attached hydrogen (secondary N) is 1. The van der Waals surface area contributed by atoms with Crippen LogP contribution in [-0.4, -0.2) is 11.6 Å². The van der Waals surface area contributed by atoms with Crippen molar-refractivity contribution in [1.29, 1.82) is 0 Å². The van der Waals surface area contributed by atoms with Crippen LogP contribution in [0.1, 0.15) is 40.5 Å². The van der Waals surface area contributed by atoms with Crippen molar-refractivity contribution in [2.45, 2.75) is 40.5 Å². The van der Waals surface area contributed by atoms with Gasteiger partial charge < -0.3 is 5.32 Å². The van der Waals surface area contributed by atoms with E-state index in [1.165, 1.54) is 6.92 Å². The van der Waals surface area contributed by atoms with E-state index in [1.807, 2.05) is 13.8 Å². The summed E-state index contributed by atoms with van der Waals surface area (Å²) in [6, 6.07) is 0. The Bertz CT molecular complexity index is 490. The van der Waals surface area contributed by atoms with Crippen LogP contribution in [0, 0.1) is 18.3 Å². The van der Waals surface area contributed by atoms with E-state index in [9.17, 15) is 9.59 Å². The van der Waals surface area contributed by atoms with Gasteiger partial charge in [0, 0.05) is 24.6 Å². The van der Waals surface area contributed by atoms with Gasteiger partial charge in [-0.25, -0.2) is 0 Å². The number of carbonyl (C=O) groups excluding carboxylic acids is 2. The fourth-order valence-electron chi connectivity index (χ4n) is 1.71. The predicted octanol–water partition coefficient (Wildman–Crippen LogP) is 3.15. The molecule has 0 rings (SSSR count). The number of ketones is 2. The average molecular weight is 273 g/mol. The van der Waals surface area contributed by atoms with Gasteiger partial charge in [0.15, 0.2) is 5.78 Å². The standard InChI is InChI=1S/C17H23NO2/c1-7-15(16(8-2)17(20)9-3)11-10-12(4)18-13(5)14(6)19/h1,10-11,16,18H,5,8-9H2,2-4,6H3/b12-10+,15-11+. The van der Waals surface area contributed by atoms with E-state index in [0.29, 0.717) is 24.1 Å². The third-order valence-corrected chi connectivity index (χ3v) is 2.97. The maximum atomic E-state index is 11.8. The molecule has 0 saturated heterocycles. The summed E-state index contributed by atoms with van der Waals surface area (Å²) in [4.78, 5) is 22.9. The first-order valence-electron chi connectivity index (χ1n) is 6.71. The number of rotatable bonds is 8. The molecule has 0 radical (unpaired) electrons. The van der Waals surface area contributed by atoms with Crippen LogP contribution in [0.2, 0.25) is 0 Å². The molecule has 0 aromatic carbocycles. The molecule has 3 heteroatoms. The quantitative estimate of drug-likeness (QED) is 0.420. The predicted molar refractivity (Wildman–Crippen MR) is 82.7 cm³/mol. The number of carbonyl (C=O) groups is 2. The Kier molecular flexibility index (Phi) is 8.00. The van der Waals surface area contributed by atoms with Gasteiger partial charge in [-0.1, -0.05) is 26.3 Å². The van der Waals surface area contributed by atoms with Crippen molar-refractivity contribution in [3.63, 3.8) is 0 Å². The van der Waals surface area contributed by atoms with Crippen LogP contribution in [0.5, 0.6) is 0 Å². The molecule has 3 nitrogen and oxygen atoms in total. The van der Waals surface area contributed by atoms with E-state index in [4.69, 9.17) is 6.42 Å². The van der Waals surface area contributed by atoms with Crippen LogP contribution in [0.25, 0.3) is 0 Å². The molecule has 1 unspecified atom stereocenters. The molecular weight excluding hydrogens is 250 g/mol. The topological polar surface area (TPSA) is 46.2 Å². The third kappa shape index (κ3) is 5.71. The lowest BCUT2D eigenvalue weighted by molar-refractivity contribution is -0.121. The van der Waals surface area contributed by atoms with Crippen molar-refractivity contribution in [2.75, 3.05) is 0 Å². The summed E-state index contributed by atoms with van der Waals surface area (Å²) in [5.74, 6) is 2.37. The van der Waals surface area contributed by atoms with Gasteiger partial charge in [0.2, 0.25) is 0 Å². The summed E-state index contributed by atoms with van der Waals surface area (Å²) in [5, 5.41) is 2.88. The summed E-state index contributed by atoms with van der Waals surface area (Å²) in [6.45, 7) is 10.6. The van der Waals surface area contributed by atoms with E-state index >= 15 is 0 Å². The Morgan fingerprint density at radius 2 is 1.90 bits per heavy atom. The van der Waals surface area contributed by atoms with Crippen LogP contribution in [0.15, 0.2) is 35.7 Å². The zero-order valence-electron chi connectivity index (χ0n) is 12.7. The van der Waals surface area contributed by atoms with Crippen LogP contribution in [-0.2, 0) is 9.59 Å². The first-order chi connectivity index (χ1) is 9.37. The molecule has 1 N–H and O–H groups in total. The van der Waals surface area contributed by atoms with E-state index in [1.54, 1.807) is 19.1 Å². The number of hydrogen-bond donors (Lipinski definition) is 1. The summed E-state index contributed by atoms with van der Waals surface area (Å²) < 4.78 is 0. The Morgan fingerprint density at radius 3 is 2.30 bits per heavy atom. The zero-order chi connectivity index (χ0) is 15.7. The summed E-state index contributed by atoms with van der Waals surface area (Å²) in [7, 11) is 0. The van der Waals surface area contributed by atoms with E-state index < -0.39 is 0 Å². The van der Waals surface area contributed by atoms with Gasteiger partial charge in [0.25, 0.3) is 0 Å². The van der Waals surface area contributed by atoms with Crippen LogP contribution in [0.3, 0.4) is 0 Å². The highest BCUT2D eigenvalue weighted by Crippen LogP contribution is 2.17. The van der Waals surface area contributed by atoms with Gasteiger partial charge in [0.1, 0.15) is 5.78 Å². The van der Waals surface area contributed by atoms with Gasteiger partial charge in [-0.15, -0.1) is 6.42 Å². The number of terminal acetylenes is 1. The molecule has 0 spiro atoms. The normalized spacial score (nSPS) is 13.3. The second kappa shape index (κ2) is 8.92. The van der Waals surface area contributed by atoms with Gasteiger partial charge in [-0.2, -0.15) is 0 Å². The van der Waals surface area contributed by atoms with Crippen molar-refractivity contribution in [1.82, 2.24) is 5.32 Å². The highest BCUT2D eigenvalue weighted by atomic mass is 16.1. The Labute approximate surface area is 121 Å². The molecule has 0 saturated carbocycles. The fourth-order valence-corrected chi connectivity index (χ4v) is 1.71. The highest BCUT2D eigenvalue weighted by molar-refractivity contribution is 5.92. The maximum absolute atomic E-state index is 11.8. The molecule has 108 valence electrons. The highest BCUT2D eigenvalue weighted by Gasteiger charge is 2.17. The SMILES string of the molecule is C#C/C(=C\C=C(/C)NC(=C)C(C)=O)C(CC)C(=O)CC. The third-order valence-electron chi connectivity index (χ3n) is 2.97. The molecule has 0 aromatic rings. The largest absolute Gasteiger partial charge is 0.357 e. The van der Waals surface area contributed by atoms with E-state index in [2.05, 4.69) is 17.8 Å². The molecule has 0 amide bonds. The minimum Gasteiger partial charge on any atom is -0.357 e. The summed E-state index contributed by atoms with van der Waals surface area (Å²) >= 11 is 0. The van der Waals surface area contributed by atoms with Crippen molar-refractivity contribution in [2.24, 2.45) is 5.92 Å². The summed E-state index contributed by atoms with van der Waals surface area (Å²) in [6.07, 6.45) is 10.1. The first-order valence-corrected chi connectivity index (χ1v) is 6.71. The van der Waals surface area contributed by atoms with Crippen molar-refractivity contribution < 1.29 is 9.59 Å². The first kappa shape index (κ1) is 17.9. The van der Waals surface area contributed by atoms with Gasteiger partial charge >= 0.3 is 0 Å². The molecule has 0 aromatic heterocycles. The minimum atomic E-state index is -0.231. The lowest BCUT2D eigenvalue weighted by atomic mass is 9.90. The monoisotopic (exact) mass is 273 g/mol. The number of Topliss-reactive ketones (excluding diaryl/α,β-unsaturated/α-hetero) is 2. The second-order valence-corrected chi connectivity index (χ2v) is 4.56. The molecule has 0 aliphatic rings. The lowest BCUT2D eigenvalue weighted by Crippen LogP contribution is -2.16. The van der Waals surface area contributed by atoms with Crippen molar-refractivity contribution in [3.05, 3.63) is 35.7 Å². The molecule has 20 heavy (non-hydrogen) atoms. The van der Waals surface area contributed by atoms with E-state index in [0.717, 1.165) is 5.70 Å². The van der Waals surface area contributed by atoms with E-state index in [-0.39, 0.29) is 17.5 Å². The summed E-state index contributed by atoms with van der Waals surface area (Å²) in [5.41, 5.74) is 1.73. The van der Waals surface area contributed by atoms with Crippen LogP contribution >= 0.6 is 0 Å².